The number of halogens is 4. The fourth-order valence-corrected chi connectivity index (χ4v) is 0.897. The van der Waals surface area contributed by atoms with Crippen LogP contribution in [0.25, 0.3) is 0 Å². The second-order valence-electron chi connectivity index (χ2n) is 2.17. The van der Waals surface area contributed by atoms with Gasteiger partial charge in [-0.3, -0.25) is 0 Å². The highest BCUT2D eigenvalue weighted by molar-refractivity contribution is 9.11. The van der Waals surface area contributed by atoms with Gasteiger partial charge in [0.1, 0.15) is 0 Å². The number of unbranched alkanes of at least 4 members (excludes halogenated alkanes) is 1. The van der Waals surface area contributed by atoms with Crippen molar-refractivity contribution in [2.24, 2.45) is 0 Å². The molecule has 0 aliphatic rings. The van der Waals surface area contributed by atoms with Gasteiger partial charge >= 0.3 is 0 Å². The second kappa shape index (κ2) is 6.98. The highest BCUT2D eigenvalue weighted by Crippen LogP contribution is 2.29. The average Bonchev–Trinajstić information content (AvgIpc) is 2.02. The highest BCUT2D eigenvalue weighted by Gasteiger charge is 2.28. The minimum atomic E-state index is -1.72. The number of aliphatic hydroxyl groups excluding tert-OH is 1. The molecule has 5 heteroatoms. The van der Waals surface area contributed by atoms with Crippen LogP contribution < -0.4 is 0 Å². The first-order valence-corrected chi connectivity index (χ1v) is 5.52. The lowest BCUT2D eigenvalue weighted by atomic mass is 10.3. The smallest absolute Gasteiger partial charge is 0.227 e. The summed E-state index contributed by atoms with van der Waals surface area (Å²) < 4.78 is -1.72. The average molecular weight is 306 g/mol. The first-order valence-electron chi connectivity index (χ1n) is 3.47. The molecule has 0 aromatic heterocycles. The third kappa shape index (κ3) is 7.66. The molecule has 0 aliphatic heterocycles. The molecule has 0 rings (SSSR count). The van der Waals surface area contributed by atoms with Crippen LogP contribution in [0.2, 0.25) is 0 Å². The van der Waals surface area contributed by atoms with Crippen molar-refractivity contribution >= 4 is 50.7 Å². The molecule has 0 amide bonds. The molecule has 74 valence electrons. The van der Waals surface area contributed by atoms with Gasteiger partial charge < -0.3 is 5.11 Å². The Morgan fingerprint density at radius 1 is 1.46 bits per heavy atom. The Kier molecular flexibility index (Phi) is 7.30. The Bertz CT molecular complexity index is 224. The molecule has 0 aromatic rings. The maximum Gasteiger partial charge on any atom is 0.227 e. The predicted octanol–water partition coefficient (Wildman–Crippen LogP) is 3.41. The SMILES string of the molecule is OC(C#CCCC=CBr)C(Cl)(Cl)Cl. The summed E-state index contributed by atoms with van der Waals surface area (Å²) in [5.74, 6) is 5.14. The van der Waals surface area contributed by atoms with Gasteiger partial charge in [0, 0.05) is 6.42 Å². The Balaban J connectivity index is 3.83. The van der Waals surface area contributed by atoms with Crippen LogP contribution in [-0.4, -0.2) is 15.0 Å². The molecule has 1 unspecified atom stereocenters. The molecule has 1 N–H and O–H groups in total. The van der Waals surface area contributed by atoms with Crippen molar-refractivity contribution < 1.29 is 5.11 Å². The molecule has 0 fully saturated rings. The minimum absolute atomic E-state index is 0.625. The fraction of sp³-hybridized carbons (Fsp3) is 0.500. The van der Waals surface area contributed by atoms with Crippen LogP contribution in [0.1, 0.15) is 12.8 Å². The van der Waals surface area contributed by atoms with Crippen molar-refractivity contribution in [3.63, 3.8) is 0 Å². The molecule has 1 nitrogen and oxygen atoms in total. The summed E-state index contributed by atoms with van der Waals surface area (Å²) in [5.41, 5.74) is 0. The van der Waals surface area contributed by atoms with Gasteiger partial charge in [0.05, 0.1) is 0 Å². The van der Waals surface area contributed by atoms with Crippen molar-refractivity contribution in [1.82, 2.24) is 0 Å². The summed E-state index contributed by atoms with van der Waals surface area (Å²) in [4.78, 5) is 1.75. The van der Waals surface area contributed by atoms with E-state index in [1.54, 1.807) is 4.99 Å². The molecule has 0 spiro atoms. The lowest BCUT2D eigenvalue weighted by molar-refractivity contribution is 0.237. The Morgan fingerprint density at radius 3 is 2.54 bits per heavy atom. The van der Waals surface area contributed by atoms with Crippen molar-refractivity contribution in [2.75, 3.05) is 0 Å². The quantitative estimate of drug-likeness (QED) is 0.471. The van der Waals surface area contributed by atoms with Gasteiger partial charge in [0.25, 0.3) is 0 Å². The van der Waals surface area contributed by atoms with Gasteiger partial charge in [-0.1, -0.05) is 62.7 Å². The molecule has 0 heterocycles. The number of allylic oxidation sites excluding steroid dienone is 1. The lowest BCUT2D eigenvalue weighted by Gasteiger charge is -2.12. The van der Waals surface area contributed by atoms with E-state index in [2.05, 4.69) is 27.8 Å². The number of rotatable bonds is 2. The molecule has 0 saturated carbocycles. The van der Waals surface area contributed by atoms with Crippen LogP contribution in [0.15, 0.2) is 11.1 Å². The van der Waals surface area contributed by atoms with Crippen molar-refractivity contribution in [3.8, 4) is 11.8 Å². The summed E-state index contributed by atoms with van der Waals surface area (Å²) in [7, 11) is 0. The van der Waals surface area contributed by atoms with E-state index in [9.17, 15) is 0 Å². The Morgan fingerprint density at radius 2 is 2.08 bits per heavy atom. The molecule has 0 aliphatic carbocycles. The van der Waals surface area contributed by atoms with Gasteiger partial charge in [-0.15, -0.1) is 5.92 Å². The van der Waals surface area contributed by atoms with Crippen molar-refractivity contribution in [1.29, 1.82) is 0 Å². The molecule has 0 saturated heterocycles. The van der Waals surface area contributed by atoms with Gasteiger partial charge in [0.2, 0.25) is 3.79 Å². The van der Waals surface area contributed by atoms with Crippen molar-refractivity contribution in [3.05, 3.63) is 11.1 Å². The van der Waals surface area contributed by atoms with E-state index in [1.165, 1.54) is 0 Å². The summed E-state index contributed by atoms with van der Waals surface area (Å²) in [6, 6.07) is 0. The highest BCUT2D eigenvalue weighted by atomic mass is 79.9. The lowest BCUT2D eigenvalue weighted by Crippen LogP contribution is -2.22. The zero-order chi connectivity index (χ0) is 10.3. The maximum atomic E-state index is 9.15. The number of hydrogen-bond acceptors (Lipinski definition) is 1. The standard InChI is InChI=1S/C8H8BrCl3O/c9-6-4-2-1-3-5-7(13)8(10,11)12/h4,6-7,13H,1-2H2. The zero-order valence-corrected chi connectivity index (χ0v) is 10.5. The topological polar surface area (TPSA) is 20.2 Å². The van der Waals surface area contributed by atoms with E-state index < -0.39 is 9.90 Å². The van der Waals surface area contributed by atoms with E-state index in [0.717, 1.165) is 6.42 Å². The summed E-state index contributed by atoms with van der Waals surface area (Å²) in [5, 5.41) is 9.15. The van der Waals surface area contributed by atoms with Crippen LogP contribution in [0.4, 0.5) is 0 Å². The molecule has 0 radical (unpaired) electrons. The normalized spacial score (nSPS) is 13.9. The Hall–Kier alpha value is 0.610. The van der Waals surface area contributed by atoms with E-state index in [0.29, 0.717) is 6.42 Å². The van der Waals surface area contributed by atoms with Gasteiger partial charge in [-0.05, 0) is 11.4 Å². The predicted molar refractivity (Wildman–Crippen MR) is 61.4 cm³/mol. The first-order chi connectivity index (χ1) is 5.98. The molecule has 13 heavy (non-hydrogen) atoms. The molecule has 0 aromatic carbocycles. The van der Waals surface area contributed by atoms with Gasteiger partial charge in [-0.25, -0.2) is 0 Å². The monoisotopic (exact) mass is 304 g/mol. The fourth-order valence-electron chi connectivity index (χ4n) is 0.469. The zero-order valence-electron chi connectivity index (χ0n) is 6.61. The van der Waals surface area contributed by atoms with Gasteiger partial charge in [0.15, 0.2) is 6.10 Å². The summed E-state index contributed by atoms with van der Waals surface area (Å²) in [6.07, 6.45) is 2.09. The maximum absolute atomic E-state index is 9.15. The van der Waals surface area contributed by atoms with E-state index in [-0.39, 0.29) is 0 Å². The number of hydrogen-bond donors (Lipinski definition) is 1. The van der Waals surface area contributed by atoms with Gasteiger partial charge in [-0.2, -0.15) is 0 Å². The second-order valence-corrected chi connectivity index (χ2v) is 5.06. The van der Waals surface area contributed by atoms with Crippen LogP contribution in [-0.2, 0) is 0 Å². The van der Waals surface area contributed by atoms with Crippen LogP contribution >= 0.6 is 50.7 Å². The van der Waals surface area contributed by atoms with Crippen LogP contribution in [0.3, 0.4) is 0 Å². The number of aliphatic hydroxyl groups is 1. The number of alkyl halides is 3. The largest absolute Gasteiger partial charge is 0.376 e. The first kappa shape index (κ1) is 13.6. The van der Waals surface area contributed by atoms with Crippen molar-refractivity contribution in [2.45, 2.75) is 22.7 Å². The summed E-state index contributed by atoms with van der Waals surface area (Å²) >= 11 is 19.3. The summed E-state index contributed by atoms with van der Waals surface area (Å²) in [6.45, 7) is 0. The Labute approximate surface area is 101 Å². The van der Waals surface area contributed by atoms with Crippen LogP contribution in [0.5, 0.6) is 0 Å². The molecular weight excluding hydrogens is 298 g/mol. The van der Waals surface area contributed by atoms with E-state index in [4.69, 9.17) is 39.9 Å². The van der Waals surface area contributed by atoms with E-state index in [1.807, 2.05) is 6.08 Å². The van der Waals surface area contributed by atoms with E-state index >= 15 is 0 Å². The third-order valence-electron chi connectivity index (χ3n) is 1.07. The molecule has 0 bridgehead atoms. The van der Waals surface area contributed by atoms with Crippen LogP contribution in [0, 0.1) is 11.8 Å². The minimum Gasteiger partial charge on any atom is -0.376 e. The molecular formula is C8H8BrCl3O. The molecule has 1 atom stereocenters. The third-order valence-corrected chi connectivity index (χ3v) is 2.07.